The number of methoxy groups -OCH3 is 1. The topological polar surface area (TPSA) is 173 Å². The number of benzene rings is 2. The normalized spacial score (nSPS) is 14.8. The molecular weight excluding hydrogens is 712 g/mol. The molecule has 0 spiro atoms. The lowest BCUT2D eigenvalue weighted by molar-refractivity contribution is -0.120. The van der Waals surface area contributed by atoms with Crippen LogP contribution in [0.4, 0.5) is 4.39 Å². The minimum Gasteiger partial charge on any atom is -0.481 e. The summed E-state index contributed by atoms with van der Waals surface area (Å²) in [7, 11) is 1.42. The second-order valence-corrected chi connectivity index (χ2v) is 13.2. The van der Waals surface area contributed by atoms with Gasteiger partial charge in [-0.25, -0.2) is 14.4 Å². The van der Waals surface area contributed by atoms with Crippen molar-refractivity contribution in [1.29, 1.82) is 0 Å². The van der Waals surface area contributed by atoms with Gasteiger partial charge in [-0.2, -0.15) is 0 Å². The smallest absolute Gasteiger partial charge is 0.262 e. The van der Waals surface area contributed by atoms with Crippen molar-refractivity contribution in [2.24, 2.45) is 5.73 Å². The standard InChI is InChI=1S/C37H36Cl2FN7O5/c1-52-36-28(19-43-17-22-8-9-33(50)45-22)29(40)14-30(46-36)27-7-3-6-26(35(27)39)25-5-2-4-24(34(25)38)20-10-11-47-32(12-20)44-16-21(37(47)51)15-42-18-23(48)13-31(41)49/h2-7,10-12,14,16,22-23,42-43,48H,8-9,13,15,17-19H2,1H3,(H2,41,49)(H,45,50)/t22-,23-/m0/s1. The molecule has 52 heavy (non-hydrogen) atoms. The third-order valence-electron chi connectivity index (χ3n) is 8.79. The number of aliphatic hydroxyl groups is 1. The number of primary amides is 1. The van der Waals surface area contributed by atoms with Crippen molar-refractivity contribution in [2.75, 3.05) is 20.2 Å². The zero-order valence-corrected chi connectivity index (χ0v) is 29.6. The molecule has 0 aliphatic carbocycles. The molecule has 1 aliphatic rings. The van der Waals surface area contributed by atoms with E-state index in [0.717, 1.165) is 6.42 Å². The van der Waals surface area contributed by atoms with E-state index in [4.69, 9.17) is 33.7 Å². The van der Waals surface area contributed by atoms with Crippen LogP contribution in [0.25, 0.3) is 39.2 Å². The molecule has 0 saturated carbocycles. The second-order valence-electron chi connectivity index (χ2n) is 12.4. The van der Waals surface area contributed by atoms with Crippen LogP contribution in [0.15, 0.2) is 71.8 Å². The summed E-state index contributed by atoms with van der Waals surface area (Å²) in [4.78, 5) is 44.7. The Balaban J connectivity index is 1.24. The number of halogens is 3. The van der Waals surface area contributed by atoms with Crippen molar-refractivity contribution in [3.8, 4) is 39.4 Å². The summed E-state index contributed by atoms with van der Waals surface area (Å²) in [5.74, 6) is -1.00. The average molecular weight is 749 g/mol. The van der Waals surface area contributed by atoms with E-state index in [9.17, 15) is 19.5 Å². The van der Waals surface area contributed by atoms with E-state index < -0.39 is 17.8 Å². The highest BCUT2D eigenvalue weighted by atomic mass is 35.5. The molecule has 1 aliphatic heterocycles. The lowest BCUT2D eigenvalue weighted by Gasteiger charge is -2.16. The van der Waals surface area contributed by atoms with Gasteiger partial charge in [0.1, 0.15) is 11.5 Å². The summed E-state index contributed by atoms with van der Waals surface area (Å²) in [5.41, 5.74) is 9.22. The molecule has 270 valence electrons. The maximum Gasteiger partial charge on any atom is 0.262 e. The molecule has 6 N–H and O–H groups in total. The Morgan fingerprint density at radius 2 is 1.79 bits per heavy atom. The Morgan fingerprint density at radius 3 is 2.48 bits per heavy atom. The zero-order valence-electron chi connectivity index (χ0n) is 28.1. The van der Waals surface area contributed by atoms with E-state index in [1.165, 1.54) is 23.8 Å². The summed E-state index contributed by atoms with van der Waals surface area (Å²) in [6, 6.07) is 15.7. The van der Waals surface area contributed by atoms with Crippen molar-refractivity contribution >= 4 is 40.7 Å². The van der Waals surface area contributed by atoms with Gasteiger partial charge in [0.15, 0.2) is 0 Å². The zero-order chi connectivity index (χ0) is 36.9. The van der Waals surface area contributed by atoms with Crippen molar-refractivity contribution < 1.29 is 23.8 Å². The molecule has 6 rings (SSSR count). The Kier molecular flexibility index (Phi) is 11.5. The first-order valence-corrected chi connectivity index (χ1v) is 17.3. The van der Waals surface area contributed by atoms with Gasteiger partial charge in [0.2, 0.25) is 17.7 Å². The molecular formula is C37H36Cl2FN7O5. The minimum atomic E-state index is -0.961. The number of nitrogens with one attached hydrogen (secondary N) is 3. The molecule has 0 unspecified atom stereocenters. The van der Waals surface area contributed by atoms with Gasteiger partial charge in [-0.3, -0.25) is 18.8 Å². The van der Waals surface area contributed by atoms with E-state index in [1.54, 1.807) is 30.5 Å². The van der Waals surface area contributed by atoms with E-state index in [1.807, 2.05) is 24.3 Å². The highest BCUT2D eigenvalue weighted by Crippen LogP contribution is 2.42. The predicted octanol–water partition coefficient (Wildman–Crippen LogP) is 4.24. The van der Waals surface area contributed by atoms with Gasteiger partial charge in [0, 0.05) is 84.9 Å². The van der Waals surface area contributed by atoms with Gasteiger partial charge < -0.3 is 31.5 Å². The first-order chi connectivity index (χ1) is 25.0. The first-order valence-electron chi connectivity index (χ1n) is 16.5. The molecule has 4 heterocycles. The fourth-order valence-electron chi connectivity index (χ4n) is 6.17. The van der Waals surface area contributed by atoms with E-state index in [-0.39, 0.29) is 60.7 Å². The number of nitrogens with two attached hydrogens (primary N) is 1. The number of carbonyl (C=O) groups excluding carboxylic acids is 2. The maximum atomic E-state index is 15.5. The van der Waals surface area contributed by atoms with Crippen LogP contribution in [0, 0.1) is 5.82 Å². The lowest BCUT2D eigenvalue weighted by atomic mass is 9.97. The highest BCUT2D eigenvalue weighted by Gasteiger charge is 2.22. The van der Waals surface area contributed by atoms with Crippen LogP contribution in [-0.4, -0.2) is 63.6 Å². The van der Waals surface area contributed by atoms with Crippen molar-refractivity contribution in [3.63, 3.8) is 0 Å². The van der Waals surface area contributed by atoms with Gasteiger partial charge in [-0.05, 0) is 24.1 Å². The fourth-order valence-corrected chi connectivity index (χ4v) is 6.83. The van der Waals surface area contributed by atoms with Gasteiger partial charge in [0.25, 0.3) is 5.56 Å². The number of hydrogen-bond acceptors (Lipinski definition) is 9. The largest absolute Gasteiger partial charge is 0.481 e. The number of pyridine rings is 2. The number of nitrogens with zero attached hydrogens (tertiary/aromatic N) is 3. The van der Waals surface area contributed by atoms with Gasteiger partial charge >= 0.3 is 0 Å². The third-order valence-corrected chi connectivity index (χ3v) is 9.60. The Morgan fingerprint density at radius 1 is 1.08 bits per heavy atom. The van der Waals surface area contributed by atoms with E-state index >= 15 is 4.39 Å². The summed E-state index contributed by atoms with van der Waals surface area (Å²) < 4.78 is 22.4. The number of ether oxygens (including phenoxy) is 1. The minimum absolute atomic E-state index is 0.00512. The predicted molar refractivity (Wildman–Crippen MR) is 196 cm³/mol. The van der Waals surface area contributed by atoms with Gasteiger partial charge in [-0.15, -0.1) is 0 Å². The first kappa shape index (κ1) is 36.9. The quantitative estimate of drug-likeness (QED) is 0.111. The number of aliphatic hydroxyl groups excluding tert-OH is 1. The van der Waals surface area contributed by atoms with Crippen LogP contribution < -0.4 is 32.0 Å². The summed E-state index contributed by atoms with van der Waals surface area (Å²) in [6.45, 7) is 0.873. The van der Waals surface area contributed by atoms with Crippen LogP contribution in [0.2, 0.25) is 10.0 Å². The Bertz CT molecular complexity index is 2220. The van der Waals surface area contributed by atoms with Crippen molar-refractivity contribution in [3.05, 3.63) is 104 Å². The molecule has 2 atom stereocenters. The Labute approximate surface area is 308 Å². The van der Waals surface area contributed by atoms with Gasteiger partial charge in [0.05, 0.1) is 40.9 Å². The molecule has 5 aromatic rings. The summed E-state index contributed by atoms with van der Waals surface area (Å²) in [5, 5.41) is 19.6. The van der Waals surface area contributed by atoms with Crippen LogP contribution in [0.3, 0.4) is 0 Å². The van der Waals surface area contributed by atoms with Crippen LogP contribution in [0.5, 0.6) is 5.88 Å². The lowest BCUT2D eigenvalue weighted by Crippen LogP contribution is -2.35. The van der Waals surface area contributed by atoms with Crippen molar-refractivity contribution in [2.45, 2.75) is 44.5 Å². The number of rotatable bonds is 14. The Hall–Kier alpha value is -4.92. The maximum absolute atomic E-state index is 15.5. The fraction of sp³-hybridized carbons (Fsp3) is 0.270. The van der Waals surface area contributed by atoms with Crippen LogP contribution >= 0.6 is 23.2 Å². The molecule has 0 bridgehead atoms. The molecule has 12 nitrogen and oxygen atoms in total. The number of amides is 2. The third kappa shape index (κ3) is 8.09. The molecule has 2 amide bonds. The highest BCUT2D eigenvalue weighted by molar-refractivity contribution is 6.39. The van der Waals surface area contributed by atoms with Gasteiger partial charge in [-0.1, -0.05) is 59.6 Å². The average Bonchev–Trinajstić information content (AvgIpc) is 3.54. The number of aromatic nitrogens is 3. The van der Waals surface area contributed by atoms with Crippen molar-refractivity contribution in [1.82, 2.24) is 30.3 Å². The molecule has 3 aromatic heterocycles. The SMILES string of the molecule is COc1nc(-c2cccc(-c3cccc(-c4ccn5c(=O)c(CNC[C@@H](O)CC(N)=O)cnc5c4)c3Cl)c2Cl)cc(F)c1CNC[C@@H]1CCC(=O)N1. The summed E-state index contributed by atoms with van der Waals surface area (Å²) in [6.07, 6.45) is 3.13. The number of carbonyl (C=O) groups is 2. The molecule has 2 aromatic carbocycles. The van der Waals surface area contributed by atoms with Crippen LogP contribution in [0.1, 0.15) is 30.4 Å². The van der Waals surface area contributed by atoms with E-state index in [2.05, 4.69) is 25.9 Å². The molecule has 1 saturated heterocycles. The summed E-state index contributed by atoms with van der Waals surface area (Å²) >= 11 is 14.0. The van der Waals surface area contributed by atoms with E-state index in [0.29, 0.717) is 62.0 Å². The number of fused-ring (bicyclic) bond motifs is 1. The molecule has 1 fully saturated rings. The molecule has 0 radical (unpaired) electrons. The monoisotopic (exact) mass is 747 g/mol. The second kappa shape index (κ2) is 16.2. The number of hydrogen-bond donors (Lipinski definition) is 5. The van der Waals surface area contributed by atoms with Crippen LogP contribution in [-0.2, 0) is 22.7 Å². The molecule has 15 heteroatoms.